The van der Waals surface area contributed by atoms with Gasteiger partial charge in [-0.1, -0.05) is 23.9 Å². The van der Waals surface area contributed by atoms with Crippen LogP contribution >= 0.6 is 11.8 Å². The molecule has 28 heavy (non-hydrogen) atoms. The van der Waals surface area contributed by atoms with Crippen LogP contribution in [0.15, 0.2) is 53.9 Å². The number of aromatic nitrogens is 4. The molecule has 1 fully saturated rings. The molecular weight excluding hydrogens is 374 g/mol. The molecule has 2 heterocycles. The van der Waals surface area contributed by atoms with Crippen molar-refractivity contribution in [1.82, 2.24) is 19.7 Å². The summed E-state index contributed by atoms with van der Waals surface area (Å²) in [5.41, 5.74) is 1.59. The van der Waals surface area contributed by atoms with Crippen LogP contribution in [0.25, 0.3) is 11.4 Å². The van der Waals surface area contributed by atoms with E-state index < -0.39 is 0 Å². The van der Waals surface area contributed by atoms with Gasteiger partial charge in [-0.25, -0.2) is 0 Å². The van der Waals surface area contributed by atoms with Gasteiger partial charge in [-0.05, 0) is 44.0 Å². The number of nitrogens with one attached hydrogen (secondary N) is 1. The molecule has 1 N–H and O–H groups in total. The zero-order chi connectivity index (χ0) is 19.5. The molecule has 0 saturated heterocycles. The second-order valence-electron chi connectivity index (χ2n) is 6.60. The van der Waals surface area contributed by atoms with Crippen LogP contribution in [0.4, 0.5) is 5.69 Å². The smallest absolute Gasteiger partial charge is 0.237 e. The van der Waals surface area contributed by atoms with Gasteiger partial charge in [0.2, 0.25) is 5.91 Å². The molecular formula is C20H21N5O2S. The van der Waals surface area contributed by atoms with Crippen LogP contribution in [0.1, 0.15) is 25.8 Å². The maximum absolute atomic E-state index is 12.7. The van der Waals surface area contributed by atoms with Crippen molar-refractivity contribution in [3.63, 3.8) is 0 Å². The Labute approximate surface area is 167 Å². The number of thioether (sulfide) groups is 1. The summed E-state index contributed by atoms with van der Waals surface area (Å²) in [6.45, 7) is 1.87. The average molecular weight is 395 g/mol. The molecule has 3 aromatic rings. The van der Waals surface area contributed by atoms with Gasteiger partial charge in [-0.15, -0.1) is 10.2 Å². The number of hydrogen-bond donors (Lipinski definition) is 1. The molecule has 144 valence electrons. The highest BCUT2D eigenvalue weighted by molar-refractivity contribution is 8.00. The molecule has 1 atom stereocenters. The number of anilines is 1. The van der Waals surface area contributed by atoms with E-state index in [-0.39, 0.29) is 11.2 Å². The molecule has 1 saturated carbocycles. The van der Waals surface area contributed by atoms with E-state index in [9.17, 15) is 4.79 Å². The SMILES string of the molecule is COc1ccccc1NC(=O)C(C)Sc1nnc(-c2cccnc2)n1C1CC1. The van der Waals surface area contributed by atoms with Gasteiger partial charge >= 0.3 is 0 Å². The van der Waals surface area contributed by atoms with Crippen molar-refractivity contribution in [2.45, 2.75) is 36.2 Å². The fourth-order valence-electron chi connectivity index (χ4n) is 2.91. The number of carbonyl (C=O) groups is 1. The number of ether oxygens (including phenoxy) is 1. The lowest BCUT2D eigenvalue weighted by molar-refractivity contribution is -0.115. The number of methoxy groups -OCH3 is 1. The summed E-state index contributed by atoms with van der Waals surface area (Å²) in [5, 5.41) is 12.1. The maximum atomic E-state index is 12.7. The van der Waals surface area contributed by atoms with Gasteiger partial charge < -0.3 is 10.1 Å². The summed E-state index contributed by atoms with van der Waals surface area (Å²) >= 11 is 1.41. The molecule has 0 aliphatic heterocycles. The van der Waals surface area contributed by atoms with Crippen molar-refractivity contribution in [2.24, 2.45) is 0 Å². The van der Waals surface area contributed by atoms with E-state index in [0.717, 1.165) is 29.4 Å². The number of para-hydroxylation sites is 2. The molecule has 1 aromatic carbocycles. The van der Waals surface area contributed by atoms with E-state index in [2.05, 4.69) is 25.1 Å². The molecule has 4 rings (SSSR count). The Balaban J connectivity index is 1.52. The van der Waals surface area contributed by atoms with Gasteiger partial charge in [0.05, 0.1) is 18.0 Å². The fourth-order valence-corrected chi connectivity index (χ4v) is 3.82. The number of hydrogen-bond acceptors (Lipinski definition) is 6. The lowest BCUT2D eigenvalue weighted by atomic mass is 10.3. The van der Waals surface area contributed by atoms with Crippen molar-refractivity contribution in [1.29, 1.82) is 0 Å². The second-order valence-corrected chi connectivity index (χ2v) is 7.91. The Morgan fingerprint density at radius 2 is 2.07 bits per heavy atom. The van der Waals surface area contributed by atoms with Crippen molar-refractivity contribution in [2.75, 3.05) is 12.4 Å². The molecule has 0 radical (unpaired) electrons. The van der Waals surface area contributed by atoms with Crippen LogP contribution in [-0.4, -0.2) is 38.0 Å². The summed E-state index contributed by atoms with van der Waals surface area (Å²) < 4.78 is 7.43. The number of benzene rings is 1. The lowest BCUT2D eigenvalue weighted by Crippen LogP contribution is -2.23. The largest absolute Gasteiger partial charge is 0.495 e. The van der Waals surface area contributed by atoms with Crippen molar-refractivity contribution >= 4 is 23.4 Å². The summed E-state index contributed by atoms with van der Waals surface area (Å²) in [4.78, 5) is 16.9. The molecule has 1 aliphatic carbocycles. The first-order valence-corrected chi connectivity index (χ1v) is 10.0. The molecule has 2 aromatic heterocycles. The monoisotopic (exact) mass is 395 g/mol. The predicted molar refractivity (Wildman–Crippen MR) is 108 cm³/mol. The van der Waals surface area contributed by atoms with Crippen LogP contribution < -0.4 is 10.1 Å². The Hall–Kier alpha value is -2.87. The van der Waals surface area contributed by atoms with Gasteiger partial charge in [-0.3, -0.25) is 14.3 Å². The lowest BCUT2D eigenvalue weighted by Gasteiger charge is -2.14. The number of nitrogens with zero attached hydrogens (tertiary/aromatic N) is 4. The summed E-state index contributed by atoms with van der Waals surface area (Å²) in [6, 6.07) is 11.6. The van der Waals surface area contributed by atoms with Gasteiger partial charge in [-0.2, -0.15) is 0 Å². The van der Waals surface area contributed by atoms with E-state index in [0.29, 0.717) is 17.5 Å². The van der Waals surface area contributed by atoms with Gasteiger partial charge in [0.15, 0.2) is 11.0 Å². The number of pyridine rings is 1. The molecule has 0 bridgehead atoms. The molecule has 1 amide bonds. The van der Waals surface area contributed by atoms with Crippen LogP contribution in [0, 0.1) is 0 Å². The normalized spacial score (nSPS) is 14.5. The Morgan fingerprint density at radius 1 is 1.25 bits per heavy atom. The zero-order valence-corrected chi connectivity index (χ0v) is 16.5. The summed E-state index contributed by atoms with van der Waals surface area (Å²) in [6.07, 6.45) is 5.72. The first-order valence-electron chi connectivity index (χ1n) is 9.13. The minimum absolute atomic E-state index is 0.109. The zero-order valence-electron chi connectivity index (χ0n) is 15.7. The second kappa shape index (κ2) is 8.02. The van der Waals surface area contributed by atoms with Crippen LogP contribution in [0.5, 0.6) is 5.75 Å². The molecule has 0 spiro atoms. The Bertz CT molecular complexity index is 972. The van der Waals surface area contributed by atoms with E-state index in [1.165, 1.54) is 11.8 Å². The van der Waals surface area contributed by atoms with Crippen LogP contribution in [0.3, 0.4) is 0 Å². The van der Waals surface area contributed by atoms with Gasteiger partial charge in [0.25, 0.3) is 0 Å². The van der Waals surface area contributed by atoms with Crippen molar-refractivity contribution < 1.29 is 9.53 Å². The van der Waals surface area contributed by atoms with E-state index in [1.807, 2.05) is 43.3 Å². The topological polar surface area (TPSA) is 81.9 Å². The maximum Gasteiger partial charge on any atom is 0.237 e. The third-order valence-corrected chi connectivity index (χ3v) is 5.57. The van der Waals surface area contributed by atoms with Crippen LogP contribution in [0.2, 0.25) is 0 Å². The highest BCUT2D eigenvalue weighted by Crippen LogP contribution is 2.41. The first-order chi connectivity index (χ1) is 13.7. The summed E-state index contributed by atoms with van der Waals surface area (Å²) in [5.74, 6) is 1.33. The van der Waals surface area contributed by atoms with E-state index in [4.69, 9.17) is 4.74 Å². The molecule has 8 heteroatoms. The Morgan fingerprint density at radius 3 is 2.79 bits per heavy atom. The van der Waals surface area contributed by atoms with Gasteiger partial charge in [0.1, 0.15) is 5.75 Å². The molecule has 1 unspecified atom stereocenters. The number of rotatable bonds is 7. The molecule has 1 aliphatic rings. The predicted octanol–water partition coefficient (Wildman–Crippen LogP) is 3.80. The minimum Gasteiger partial charge on any atom is -0.495 e. The fraction of sp³-hybridized carbons (Fsp3) is 0.300. The quantitative estimate of drug-likeness (QED) is 0.613. The first kappa shape index (κ1) is 18.5. The van der Waals surface area contributed by atoms with Crippen molar-refractivity contribution in [3.05, 3.63) is 48.8 Å². The van der Waals surface area contributed by atoms with E-state index >= 15 is 0 Å². The number of carbonyl (C=O) groups excluding carboxylic acids is 1. The van der Waals surface area contributed by atoms with Crippen LogP contribution in [-0.2, 0) is 4.79 Å². The Kier molecular flexibility index (Phi) is 5.29. The third kappa shape index (κ3) is 3.87. The highest BCUT2D eigenvalue weighted by atomic mass is 32.2. The average Bonchev–Trinajstić information content (AvgIpc) is 3.49. The number of amides is 1. The van der Waals surface area contributed by atoms with E-state index in [1.54, 1.807) is 19.5 Å². The highest BCUT2D eigenvalue weighted by Gasteiger charge is 2.31. The summed E-state index contributed by atoms with van der Waals surface area (Å²) in [7, 11) is 1.58. The third-order valence-electron chi connectivity index (χ3n) is 4.51. The van der Waals surface area contributed by atoms with Crippen molar-refractivity contribution in [3.8, 4) is 17.1 Å². The molecule has 7 nitrogen and oxygen atoms in total. The van der Waals surface area contributed by atoms with Gasteiger partial charge in [0, 0.05) is 24.0 Å². The minimum atomic E-state index is -0.339. The standard InChI is InChI=1S/C20H21N5O2S/c1-13(19(26)22-16-7-3-4-8-17(16)27-2)28-20-24-23-18(25(20)15-9-10-15)14-6-5-11-21-12-14/h3-8,11-13,15H,9-10H2,1-2H3,(H,22,26).